The number of nitrogens with zero attached hydrogens (tertiary/aromatic N) is 2. The van der Waals surface area contributed by atoms with Gasteiger partial charge < -0.3 is 4.57 Å². The van der Waals surface area contributed by atoms with Gasteiger partial charge in [0.15, 0.2) is 7.14 Å². The molecule has 0 fully saturated rings. The minimum Gasteiger partial charge on any atom is -0.309 e. The Bertz CT molecular complexity index is 2540. The average Bonchev–Trinajstić information content (AvgIpc) is 3.47. The van der Waals surface area contributed by atoms with E-state index in [0.29, 0.717) is 0 Å². The molecule has 0 bridgehead atoms. The topological polar surface area (TPSA) is 34.4 Å². The first-order chi connectivity index (χ1) is 21.2. The van der Waals surface area contributed by atoms with Crippen molar-refractivity contribution in [3.05, 3.63) is 152 Å². The molecule has 0 aliphatic carbocycles. The summed E-state index contributed by atoms with van der Waals surface area (Å²) >= 11 is 0. The predicted molar refractivity (Wildman–Crippen MR) is 182 cm³/mol. The van der Waals surface area contributed by atoms with Crippen molar-refractivity contribution in [1.82, 2.24) is 9.38 Å². The van der Waals surface area contributed by atoms with Gasteiger partial charge in [0.1, 0.15) is 5.65 Å². The summed E-state index contributed by atoms with van der Waals surface area (Å²) in [5.41, 5.74) is 3.74. The van der Waals surface area contributed by atoms with Crippen LogP contribution >= 0.6 is 7.14 Å². The Morgan fingerprint density at radius 1 is 0.512 bits per heavy atom. The van der Waals surface area contributed by atoms with Crippen LogP contribution in [-0.4, -0.2) is 9.38 Å². The number of para-hydroxylation sites is 2. The van der Waals surface area contributed by atoms with Crippen molar-refractivity contribution in [1.29, 1.82) is 0 Å². The zero-order valence-corrected chi connectivity index (χ0v) is 24.1. The maximum absolute atomic E-state index is 16.3. The lowest BCUT2D eigenvalue weighted by molar-refractivity contribution is 0.592. The summed E-state index contributed by atoms with van der Waals surface area (Å²) < 4.78 is 18.5. The molecule has 0 saturated heterocycles. The highest BCUT2D eigenvalue weighted by Gasteiger charge is 2.35. The van der Waals surface area contributed by atoms with Crippen LogP contribution in [0.5, 0.6) is 0 Å². The van der Waals surface area contributed by atoms with Crippen LogP contribution < -0.4 is 15.9 Å². The van der Waals surface area contributed by atoms with Crippen LogP contribution in [-0.2, 0) is 4.57 Å². The fourth-order valence-electron chi connectivity index (χ4n) is 6.91. The minimum atomic E-state index is -3.40. The van der Waals surface area contributed by atoms with Gasteiger partial charge in [-0.1, -0.05) is 133 Å². The number of fused-ring (bicyclic) bond motifs is 11. The fraction of sp³-hybridized carbons (Fsp3) is 0. The minimum absolute atomic E-state index is 0.815. The zero-order chi connectivity index (χ0) is 28.5. The van der Waals surface area contributed by atoms with Crippen molar-refractivity contribution >= 4 is 83.0 Å². The number of rotatable bonds is 3. The highest BCUT2D eigenvalue weighted by Crippen LogP contribution is 2.48. The van der Waals surface area contributed by atoms with Crippen LogP contribution in [0.25, 0.3) is 59.9 Å². The van der Waals surface area contributed by atoms with Crippen LogP contribution in [0.1, 0.15) is 0 Å². The molecular weight excluding hydrogens is 543 g/mol. The normalized spacial score (nSPS) is 12.3. The summed E-state index contributed by atoms with van der Waals surface area (Å²) in [6.07, 6.45) is 0. The van der Waals surface area contributed by atoms with Gasteiger partial charge in [0.25, 0.3) is 0 Å². The third-order valence-electron chi connectivity index (χ3n) is 8.78. The lowest BCUT2D eigenvalue weighted by Gasteiger charge is -2.25. The van der Waals surface area contributed by atoms with E-state index in [-0.39, 0.29) is 0 Å². The Kier molecular flexibility index (Phi) is 5.17. The first-order valence-corrected chi connectivity index (χ1v) is 16.2. The standard InChI is InChI=1S/C39H25N2OP/c42-43(28-15-3-1-4-16-28,29-17-5-2-6-18-29)38-31-20-10-8-14-27(31)25-33-32-24-23-26-13-7-9-19-30(26)36(32)39-40-34-21-11-12-22-35(34)41(39)37(33)38/h1-25H. The van der Waals surface area contributed by atoms with Crippen LogP contribution in [0.4, 0.5) is 0 Å². The van der Waals surface area contributed by atoms with Crippen molar-refractivity contribution in [3.8, 4) is 0 Å². The zero-order valence-electron chi connectivity index (χ0n) is 23.2. The molecule has 0 radical (unpaired) electrons. The first kappa shape index (κ1) is 24.4. The molecular formula is C39H25N2OP. The largest absolute Gasteiger partial charge is 0.309 e. The van der Waals surface area contributed by atoms with Gasteiger partial charge in [-0.2, -0.15) is 0 Å². The van der Waals surface area contributed by atoms with Gasteiger partial charge in [-0.15, -0.1) is 0 Å². The lowest BCUT2D eigenvalue weighted by Crippen LogP contribution is -2.27. The summed E-state index contributed by atoms with van der Waals surface area (Å²) in [5, 5.41) is 10.1. The molecule has 0 N–H and O–H groups in total. The van der Waals surface area contributed by atoms with E-state index in [4.69, 9.17) is 4.98 Å². The second kappa shape index (κ2) is 9.13. The Morgan fingerprint density at radius 2 is 1.12 bits per heavy atom. The van der Waals surface area contributed by atoms with Gasteiger partial charge in [0.05, 0.1) is 21.9 Å². The van der Waals surface area contributed by atoms with Crippen LogP contribution in [0.15, 0.2) is 152 Å². The van der Waals surface area contributed by atoms with Gasteiger partial charge >= 0.3 is 0 Å². The summed E-state index contributed by atoms with van der Waals surface area (Å²) in [5.74, 6) is 0. The van der Waals surface area contributed by atoms with E-state index in [9.17, 15) is 0 Å². The highest BCUT2D eigenvalue weighted by atomic mass is 31.2. The Hall–Kier alpha value is -5.24. The van der Waals surface area contributed by atoms with E-state index >= 15 is 4.57 Å². The van der Waals surface area contributed by atoms with Gasteiger partial charge in [-0.05, 0) is 45.1 Å². The summed E-state index contributed by atoms with van der Waals surface area (Å²) in [6.45, 7) is 0. The number of hydrogen-bond donors (Lipinski definition) is 0. The Balaban J connectivity index is 1.64. The van der Waals surface area contributed by atoms with Crippen LogP contribution in [0.3, 0.4) is 0 Å². The SMILES string of the molecule is O=P(c1ccccc1)(c1ccccc1)c1c2ccccc2cc2c3ccc4ccccc4c3c3nc4ccccc4n3c12. The predicted octanol–water partition coefficient (Wildman–Crippen LogP) is 8.74. The second-order valence-corrected chi connectivity index (χ2v) is 13.8. The number of imidazole rings is 1. The smallest absolute Gasteiger partial charge is 0.173 e. The van der Waals surface area contributed by atoms with Gasteiger partial charge in [-0.25, -0.2) is 4.98 Å². The Morgan fingerprint density at radius 3 is 1.86 bits per heavy atom. The van der Waals surface area contributed by atoms with Crippen molar-refractivity contribution in [2.24, 2.45) is 0 Å². The molecule has 0 unspecified atom stereocenters. The molecule has 4 heteroatoms. The quantitative estimate of drug-likeness (QED) is 0.121. The van der Waals surface area contributed by atoms with Crippen LogP contribution in [0, 0.1) is 0 Å². The van der Waals surface area contributed by atoms with Crippen molar-refractivity contribution < 1.29 is 4.57 Å². The van der Waals surface area contributed by atoms with Gasteiger partial charge in [0, 0.05) is 21.4 Å². The van der Waals surface area contributed by atoms with Crippen LogP contribution in [0.2, 0.25) is 0 Å². The molecule has 0 amide bonds. The van der Waals surface area contributed by atoms with Crippen molar-refractivity contribution in [2.45, 2.75) is 0 Å². The molecule has 0 aliphatic heterocycles. The Labute approximate surface area is 248 Å². The molecule has 2 aromatic heterocycles. The molecule has 0 saturated carbocycles. The molecule has 0 spiro atoms. The van der Waals surface area contributed by atoms with E-state index in [1.54, 1.807) is 0 Å². The van der Waals surface area contributed by atoms with Crippen molar-refractivity contribution in [3.63, 3.8) is 0 Å². The molecule has 7 aromatic carbocycles. The number of aromatic nitrogens is 2. The monoisotopic (exact) mass is 568 g/mol. The molecule has 3 nitrogen and oxygen atoms in total. The molecule has 202 valence electrons. The average molecular weight is 569 g/mol. The fourth-order valence-corrected chi connectivity index (χ4v) is 9.97. The maximum atomic E-state index is 16.3. The van der Waals surface area contributed by atoms with E-state index in [2.05, 4.69) is 89.3 Å². The second-order valence-electron chi connectivity index (χ2n) is 11.1. The molecule has 9 aromatic rings. The van der Waals surface area contributed by atoms with E-state index in [1.165, 1.54) is 5.39 Å². The first-order valence-electron chi connectivity index (χ1n) is 14.5. The molecule has 0 aliphatic rings. The van der Waals surface area contributed by atoms with Gasteiger partial charge in [0.2, 0.25) is 0 Å². The van der Waals surface area contributed by atoms with E-state index in [0.717, 1.165) is 70.4 Å². The molecule has 9 rings (SSSR count). The third kappa shape index (κ3) is 3.37. The van der Waals surface area contributed by atoms with E-state index in [1.807, 2.05) is 66.7 Å². The van der Waals surface area contributed by atoms with Gasteiger partial charge in [-0.3, -0.25) is 4.40 Å². The van der Waals surface area contributed by atoms with E-state index < -0.39 is 7.14 Å². The summed E-state index contributed by atoms with van der Waals surface area (Å²) in [6, 6.07) is 51.8. The third-order valence-corrected chi connectivity index (χ3v) is 11.9. The summed E-state index contributed by atoms with van der Waals surface area (Å²) in [4.78, 5) is 5.27. The maximum Gasteiger partial charge on any atom is 0.173 e. The number of pyridine rings is 1. The lowest BCUT2D eigenvalue weighted by atomic mass is 9.97. The number of benzene rings is 7. The highest BCUT2D eigenvalue weighted by molar-refractivity contribution is 7.86. The molecule has 2 heterocycles. The number of hydrogen-bond acceptors (Lipinski definition) is 2. The van der Waals surface area contributed by atoms with Crippen molar-refractivity contribution in [2.75, 3.05) is 0 Å². The molecule has 43 heavy (non-hydrogen) atoms. The molecule has 0 atom stereocenters. The summed E-state index contributed by atoms with van der Waals surface area (Å²) in [7, 11) is -3.40.